The summed E-state index contributed by atoms with van der Waals surface area (Å²) in [4.78, 5) is 12.9. The number of carbonyl (C=O) groups is 1. The van der Waals surface area contributed by atoms with Crippen LogP contribution in [0.5, 0.6) is 11.5 Å². The van der Waals surface area contributed by atoms with Crippen LogP contribution in [0.15, 0.2) is 18.2 Å². The Bertz CT molecular complexity index is 799. The van der Waals surface area contributed by atoms with Crippen LogP contribution >= 0.6 is 0 Å². The van der Waals surface area contributed by atoms with Crippen LogP contribution in [0.2, 0.25) is 0 Å². The number of unbranched alkanes of at least 4 members (excludes halogenated alkanes) is 1. The fourth-order valence-electron chi connectivity index (χ4n) is 3.32. The number of rotatable bonds is 8. The predicted molar refractivity (Wildman–Crippen MR) is 107 cm³/mol. The van der Waals surface area contributed by atoms with E-state index in [0.717, 1.165) is 44.5 Å². The van der Waals surface area contributed by atoms with Crippen molar-refractivity contribution in [3.63, 3.8) is 0 Å². The highest BCUT2D eigenvalue weighted by atomic mass is 16.5. The van der Waals surface area contributed by atoms with E-state index in [-0.39, 0.29) is 11.9 Å². The number of hydrogen-bond donors (Lipinski definition) is 2. The first-order valence-electron chi connectivity index (χ1n) is 9.88. The average Bonchev–Trinajstić information content (AvgIpc) is 3.11. The van der Waals surface area contributed by atoms with Crippen LogP contribution in [0.25, 0.3) is 0 Å². The lowest BCUT2D eigenvalue weighted by atomic mass is 10.1. The molecule has 1 aromatic carbocycles. The third-order valence-electron chi connectivity index (χ3n) is 4.99. The molecule has 1 fully saturated rings. The van der Waals surface area contributed by atoms with Gasteiger partial charge in [0, 0.05) is 6.07 Å². The molecule has 0 aliphatic carbocycles. The first-order chi connectivity index (χ1) is 13.6. The second-order valence-electron chi connectivity index (χ2n) is 6.97. The van der Waals surface area contributed by atoms with E-state index in [1.807, 2.05) is 23.7 Å². The fourth-order valence-corrected chi connectivity index (χ4v) is 3.32. The molecule has 8 nitrogen and oxygen atoms in total. The number of nitrogens with zero attached hydrogens (tertiary/aromatic N) is 3. The Morgan fingerprint density at radius 1 is 1.36 bits per heavy atom. The first-order valence-corrected chi connectivity index (χ1v) is 9.88. The van der Waals surface area contributed by atoms with Crippen LogP contribution in [0.4, 0.5) is 5.69 Å². The summed E-state index contributed by atoms with van der Waals surface area (Å²) in [6, 6.07) is 5.66. The zero-order valence-corrected chi connectivity index (χ0v) is 16.8. The van der Waals surface area contributed by atoms with Gasteiger partial charge >= 0.3 is 0 Å². The van der Waals surface area contributed by atoms with E-state index in [4.69, 9.17) is 9.47 Å². The molecule has 3 rings (SSSR count). The summed E-state index contributed by atoms with van der Waals surface area (Å²) in [5, 5.41) is 14.6. The number of aromatic nitrogens is 3. The van der Waals surface area contributed by atoms with Crippen LogP contribution in [0.3, 0.4) is 0 Å². The minimum absolute atomic E-state index is 0.278. The Kier molecular flexibility index (Phi) is 6.86. The number of amides is 1. The third-order valence-corrected chi connectivity index (χ3v) is 4.99. The Balaban J connectivity index is 1.77. The van der Waals surface area contributed by atoms with Gasteiger partial charge in [0.25, 0.3) is 5.91 Å². The van der Waals surface area contributed by atoms with Crippen molar-refractivity contribution in [3.8, 4) is 11.5 Å². The van der Waals surface area contributed by atoms with Crippen molar-refractivity contribution in [2.75, 3.05) is 32.1 Å². The molecular weight excluding hydrogens is 358 g/mol. The van der Waals surface area contributed by atoms with Crippen molar-refractivity contribution in [2.24, 2.45) is 0 Å². The molecule has 28 heavy (non-hydrogen) atoms. The van der Waals surface area contributed by atoms with Gasteiger partial charge in [-0.05, 0) is 51.4 Å². The standard InChI is InChI=1S/C20H29N5O3/c1-4-5-12-28-18-7-6-16(27-3)13-17(18)22-20(26)19-14(2)25(24-23-19)15-8-10-21-11-9-15/h6-7,13,15,21H,4-5,8-12H2,1-3H3,(H,22,26). The highest BCUT2D eigenvalue weighted by molar-refractivity contribution is 6.04. The second kappa shape index (κ2) is 9.54. The summed E-state index contributed by atoms with van der Waals surface area (Å²) in [6.45, 7) is 6.49. The van der Waals surface area contributed by atoms with Gasteiger partial charge in [0.1, 0.15) is 11.5 Å². The molecule has 0 unspecified atom stereocenters. The number of hydrogen-bond acceptors (Lipinski definition) is 6. The minimum Gasteiger partial charge on any atom is -0.497 e. The number of benzene rings is 1. The van der Waals surface area contributed by atoms with E-state index < -0.39 is 0 Å². The number of methoxy groups -OCH3 is 1. The van der Waals surface area contributed by atoms with Gasteiger partial charge in [-0.15, -0.1) is 5.10 Å². The molecule has 1 aromatic heterocycles. The average molecular weight is 387 g/mol. The molecule has 1 saturated heterocycles. The molecule has 2 N–H and O–H groups in total. The van der Waals surface area contributed by atoms with Crippen LogP contribution < -0.4 is 20.1 Å². The second-order valence-corrected chi connectivity index (χ2v) is 6.97. The van der Waals surface area contributed by atoms with Crippen LogP contribution in [0, 0.1) is 6.92 Å². The number of ether oxygens (including phenoxy) is 2. The summed E-state index contributed by atoms with van der Waals surface area (Å²) in [5.74, 6) is 0.963. The lowest BCUT2D eigenvalue weighted by Crippen LogP contribution is -2.30. The summed E-state index contributed by atoms with van der Waals surface area (Å²) in [5.41, 5.74) is 1.68. The van der Waals surface area contributed by atoms with E-state index in [1.54, 1.807) is 13.2 Å². The van der Waals surface area contributed by atoms with Crippen LogP contribution in [-0.4, -0.2) is 47.7 Å². The van der Waals surface area contributed by atoms with Gasteiger partial charge in [-0.2, -0.15) is 0 Å². The SMILES string of the molecule is CCCCOc1ccc(OC)cc1NC(=O)c1nnn(C2CCNCC2)c1C. The summed E-state index contributed by atoms with van der Waals surface area (Å²) in [7, 11) is 1.59. The lowest BCUT2D eigenvalue weighted by molar-refractivity contribution is 0.102. The topological polar surface area (TPSA) is 90.3 Å². The van der Waals surface area contributed by atoms with Gasteiger partial charge in [0.15, 0.2) is 5.69 Å². The third kappa shape index (κ3) is 4.62. The van der Waals surface area contributed by atoms with E-state index in [2.05, 4.69) is 27.9 Å². The van der Waals surface area contributed by atoms with Gasteiger partial charge < -0.3 is 20.1 Å². The number of piperidine rings is 1. The molecule has 152 valence electrons. The molecule has 0 radical (unpaired) electrons. The van der Waals surface area contributed by atoms with Crippen molar-refractivity contribution in [1.29, 1.82) is 0 Å². The van der Waals surface area contributed by atoms with E-state index >= 15 is 0 Å². The van der Waals surface area contributed by atoms with E-state index in [1.165, 1.54) is 0 Å². The van der Waals surface area contributed by atoms with E-state index in [9.17, 15) is 4.79 Å². The normalized spacial score (nSPS) is 14.7. The molecule has 0 atom stereocenters. The molecule has 1 aliphatic heterocycles. The Morgan fingerprint density at radius 2 is 2.14 bits per heavy atom. The monoisotopic (exact) mass is 387 g/mol. The largest absolute Gasteiger partial charge is 0.497 e. The molecular formula is C20H29N5O3. The zero-order chi connectivity index (χ0) is 19.9. The van der Waals surface area contributed by atoms with Crippen molar-refractivity contribution in [3.05, 3.63) is 29.6 Å². The van der Waals surface area contributed by atoms with E-state index in [0.29, 0.717) is 29.5 Å². The Morgan fingerprint density at radius 3 is 2.86 bits per heavy atom. The number of nitrogens with one attached hydrogen (secondary N) is 2. The van der Waals surface area contributed by atoms with Crippen molar-refractivity contribution < 1.29 is 14.3 Å². The van der Waals surface area contributed by atoms with Crippen molar-refractivity contribution >= 4 is 11.6 Å². The summed E-state index contributed by atoms with van der Waals surface area (Å²) < 4.78 is 13.0. The molecule has 0 bridgehead atoms. The van der Waals surface area contributed by atoms with Gasteiger partial charge in [-0.1, -0.05) is 18.6 Å². The minimum atomic E-state index is -0.300. The maximum atomic E-state index is 12.9. The summed E-state index contributed by atoms with van der Waals surface area (Å²) in [6.07, 6.45) is 3.95. The van der Waals surface area contributed by atoms with Gasteiger partial charge in [-0.3, -0.25) is 4.79 Å². The number of anilines is 1. The molecule has 8 heteroatoms. The van der Waals surface area contributed by atoms with Crippen LogP contribution in [0.1, 0.15) is 54.8 Å². The zero-order valence-electron chi connectivity index (χ0n) is 16.8. The molecule has 2 aromatic rings. The van der Waals surface area contributed by atoms with Gasteiger partial charge in [0.05, 0.1) is 31.1 Å². The molecule has 0 spiro atoms. The predicted octanol–water partition coefficient (Wildman–Crippen LogP) is 2.95. The van der Waals surface area contributed by atoms with Crippen molar-refractivity contribution in [1.82, 2.24) is 20.3 Å². The molecule has 1 aliphatic rings. The van der Waals surface area contributed by atoms with Crippen LogP contribution in [-0.2, 0) is 0 Å². The first kappa shape index (κ1) is 20.1. The fraction of sp³-hybridized carbons (Fsp3) is 0.550. The highest BCUT2D eigenvalue weighted by Gasteiger charge is 2.23. The quantitative estimate of drug-likeness (QED) is 0.677. The highest BCUT2D eigenvalue weighted by Crippen LogP contribution is 2.30. The van der Waals surface area contributed by atoms with Gasteiger partial charge in [0.2, 0.25) is 0 Å². The number of carbonyl (C=O) groups excluding carboxylic acids is 1. The van der Waals surface area contributed by atoms with Gasteiger partial charge in [-0.25, -0.2) is 4.68 Å². The Labute approximate surface area is 165 Å². The maximum Gasteiger partial charge on any atom is 0.278 e. The van der Waals surface area contributed by atoms with Crippen molar-refractivity contribution in [2.45, 2.75) is 45.6 Å². The molecule has 1 amide bonds. The molecule has 2 heterocycles. The Hall–Kier alpha value is -2.61. The summed E-state index contributed by atoms with van der Waals surface area (Å²) >= 11 is 0. The maximum absolute atomic E-state index is 12.9. The lowest BCUT2D eigenvalue weighted by Gasteiger charge is -2.23. The molecule has 0 saturated carbocycles. The smallest absolute Gasteiger partial charge is 0.278 e.